The van der Waals surface area contributed by atoms with E-state index in [0.717, 1.165) is 64.2 Å². The molecule has 1 atom stereocenters. The number of carbonyl (C=O) groups excluding carboxylic acids is 3. The molecule has 0 aliphatic rings. The van der Waals surface area contributed by atoms with Crippen molar-refractivity contribution in [2.24, 2.45) is 0 Å². The van der Waals surface area contributed by atoms with Gasteiger partial charge in [0, 0.05) is 19.3 Å². The number of allylic oxidation sites excluding steroid dienone is 10. The average Bonchev–Trinajstić information content (AvgIpc) is 3.39. The van der Waals surface area contributed by atoms with Crippen LogP contribution >= 0.6 is 0 Å². The van der Waals surface area contributed by atoms with Crippen LogP contribution in [0.15, 0.2) is 60.8 Å². The molecule has 0 aliphatic carbocycles. The lowest BCUT2D eigenvalue weighted by molar-refractivity contribution is -0.166. The Balaban J connectivity index is 4.42. The number of ether oxygens (including phenoxy) is 3. The van der Waals surface area contributed by atoms with E-state index in [1.54, 1.807) is 0 Å². The second-order valence-electron chi connectivity index (χ2n) is 21.3. The largest absolute Gasteiger partial charge is 0.462 e. The molecule has 0 unspecified atom stereocenters. The zero-order valence-corrected chi connectivity index (χ0v) is 48.7. The molecule has 0 spiro atoms. The molecule has 0 fully saturated rings. The van der Waals surface area contributed by atoms with Crippen molar-refractivity contribution in [1.29, 1.82) is 0 Å². The van der Waals surface area contributed by atoms with Crippen LogP contribution in [0.25, 0.3) is 0 Å². The van der Waals surface area contributed by atoms with Crippen LogP contribution in [-0.2, 0) is 28.6 Å². The fraction of sp³-hybridized carbons (Fsp3) is 0.806. The van der Waals surface area contributed by atoms with Gasteiger partial charge in [-0.15, -0.1) is 0 Å². The van der Waals surface area contributed by atoms with Gasteiger partial charge in [0.2, 0.25) is 0 Å². The van der Waals surface area contributed by atoms with E-state index in [-0.39, 0.29) is 37.5 Å². The molecule has 73 heavy (non-hydrogen) atoms. The van der Waals surface area contributed by atoms with Crippen LogP contribution in [0.5, 0.6) is 0 Å². The summed E-state index contributed by atoms with van der Waals surface area (Å²) in [5.41, 5.74) is 0. The number of hydrogen-bond donors (Lipinski definition) is 0. The van der Waals surface area contributed by atoms with Gasteiger partial charge >= 0.3 is 17.9 Å². The van der Waals surface area contributed by atoms with E-state index in [2.05, 4.69) is 75.5 Å². The van der Waals surface area contributed by atoms with Crippen LogP contribution in [0.2, 0.25) is 0 Å². The number of esters is 3. The van der Waals surface area contributed by atoms with Crippen molar-refractivity contribution in [3.63, 3.8) is 0 Å². The van der Waals surface area contributed by atoms with Crippen LogP contribution in [0.1, 0.15) is 329 Å². The summed E-state index contributed by atoms with van der Waals surface area (Å²) in [6, 6.07) is 0. The minimum atomic E-state index is -0.802. The predicted octanol–water partition coefficient (Wildman–Crippen LogP) is 21.6. The first-order valence-corrected chi connectivity index (χ1v) is 31.8. The topological polar surface area (TPSA) is 78.9 Å². The Morgan fingerprint density at radius 3 is 0.849 bits per heavy atom. The molecule has 0 aromatic carbocycles. The first-order chi connectivity index (χ1) is 36.0. The molecule has 0 aliphatic heterocycles. The van der Waals surface area contributed by atoms with E-state index in [4.69, 9.17) is 14.2 Å². The number of hydrogen-bond acceptors (Lipinski definition) is 6. The van der Waals surface area contributed by atoms with Gasteiger partial charge in [-0.1, -0.05) is 313 Å². The summed E-state index contributed by atoms with van der Waals surface area (Å²) in [5.74, 6) is -0.959. The summed E-state index contributed by atoms with van der Waals surface area (Å²) >= 11 is 0. The van der Waals surface area contributed by atoms with Gasteiger partial charge in [-0.3, -0.25) is 14.4 Å². The third-order valence-electron chi connectivity index (χ3n) is 14.0. The molecule has 0 amide bonds. The molecule has 0 N–H and O–H groups in total. The van der Waals surface area contributed by atoms with Crippen molar-refractivity contribution in [2.45, 2.75) is 335 Å². The summed E-state index contributed by atoms with van der Waals surface area (Å²) in [6.07, 6.45) is 78.1. The highest BCUT2D eigenvalue weighted by atomic mass is 16.6. The molecule has 0 rings (SSSR count). The second kappa shape index (κ2) is 61.7. The minimum absolute atomic E-state index is 0.0924. The fourth-order valence-corrected chi connectivity index (χ4v) is 9.25. The van der Waals surface area contributed by atoms with Crippen molar-refractivity contribution >= 4 is 17.9 Å². The Morgan fingerprint density at radius 2 is 0.521 bits per heavy atom. The van der Waals surface area contributed by atoms with Gasteiger partial charge in [0.15, 0.2) is 6.10 Å². The Morgan fingerprint density at radius 1 is 0.274 bits per heavy atom. The number of unbranched alkanes of at least 4 members (excludes halogenated alkanes) is 37. The van der Waals surface area contributed by atoms with Gasteiger partial charge in [-0.25, -0.2) is 0 Å². The van der Waals surface area contributed by atoms with E-state index in [1.807, 2.05) is 6.08 Å². The molecule has 0 bridgehead atoms. The highest BCUT2D eigenvalue weighted by Crippen LogP contribution is 2.17. The van der Waals surface area contributed by atoms with Crippen molar-refractivity contribution in [3.05, 3.63) is 60.8 Å². The smallest absolute Gasteiger partial charge is 0.306 e. The standard InChI is InChI=1S/C67H120O6/c1-4-7-10-13-16-19-22-25-28-30-32-33-35-37-40-43-46-49-52-55-58-61-67(70)73-64(62-71-65(68)59-56-53-50-47-44-41-38-27-24-21-18-15-12-9-6-3)63-72-66(69)60-57-54-51-48-45-42-39-36-34-31-29-26-23-20-17-14-11-8-5-2/h17,20,26,29,34,36,42,45,51,54,64H,4-16,18-19,21-25,27-28,30-33,35,37-41,43-44,46-50,52-53,55-63H2,1-3H3/b20-17-,29-26-,36-34-,45-42-,54-51-/t64-/m0/s1. The highest BCUT2D eigenvalue weighted by Gasteiger charge is 2.19. The fourth-order valence-electron chi connectivity index (χ4n) is 9.25. The van der Waals surface area contributed by atoms with E-state index < -0.39 is 6.10 Å². The third-order valence-corrected chi connectivity index (χ3v) is 14.0. The summed E-state index contributed by atoms with van der Waals surface area (Å²) in [6.45, 7) is 6.60. The predicted molar refractivity (Wildman–Crippen MR) is 316 cm³/mol. The van der Waals surface area contributed by atoms with Crippen LogP contribution < -0.4 is 0 Å². The van der Waals surface area contributed by atoms with Crippen molar-refractivity contribution in [1.82, 2.24) is 0 Å². The highest BCUT2D eigenvalue weighted by molar-refractivity contribution is 5.71. The zero-order valence-electron chi connectivity index (χ0n) is 48.7. The Kier molecular flexibility index (Phi) is 59.2. The van der Waals surface area contributed by atoms with Crippen molar-refractivity contribution in [2.75, 3.05) is 13.2 Å². The maximum Gasteiger partial charge on any atom is 0.306 e. The quantitative estimate of drug-likeness (QED) is 0.0261. The lowest BCUT2D eigenvalue weighted by Crippen LogP contribution is -2.30. The van der Waals surface area contributed by atoms with Gasteiger partial charge in [0.25, 0.3) is 0 Å². The first kappa shape index (κ1) is 70.1. The van der Waals surface area contributed by atoms with Gasteiger partial charge in [-0.05, 0) is 57.8 Å². The van der Waals surface area contributed by atoms with Gasteiger partial charge < -0.3 is 14.2 Å². The van der Waals surface area contributed by atoms with E-state index >= 15 is 0 Å². The maximum absolute atomic E-state index is 12.9. The molecule has 0 saturated heterocycles. The lowest BCUT2D eigenvalue weighted by Gasteiger charge is -2.18. The zero-order chi connectivity index (χ0) is 52.9. The summed E-state index contributed by atoms with van der Waals surface area (Å²) in [7, 11) is 0. The molecule has 6 nitrogen and oxygen atoms in total. The van der Waals surface area contributed by atoms with Gasteiger partial charge in [-0.2, -0.15) is 0 Å². The average molecular weight is 1020 g/mol. The molecular weight excluding hydrogens is 901 g/mol. The SMILES string of the molecule is CCCCC/C=C\C/C=C\C/C=C\C/C=C\C/C=C\CCC(=O)OC[C@H](COC(=O)CCCCCCCCCCCCCCCCC)OC(=O)CCCCCCCCCCCCCCCCCCCCCCC. The first-order valence-electron chi connectivity index (χ1n) is 31.8. The Bertz CT molecular complexity index is 1310. The number of carbonyl (C=O) groups is 3. The summed E-state index contributed by atoms with van der Waals surface area (Å²) in [5, 5.41) is 0. The van der Waals surface area contributed by atoms with Gasteiger partial charge in [0.1, 0.15) is 13.2 Å². The van der Waals surface area contributed by atoms with E-state index in [1.165, 1.54) is 218 Å². The van der Waals surface area contributed by atoms with Crippen LogP contribution in [0, 0.1) is 0 Å². The van der Waals surface area contributed by atoms with E-state index in [0.29, 0.717) is 19.3 Å². The van der Waals surface area contributed by atoms with Crippen LogP contribution in [0.3, 0.4) is 0 Å². The molecule has 6 heteroatoms. The van der Waals surface area contributed by atoms with E-state index in [9.17, 15) is 14.4 Å². The summed E-state index contributed by atoms with van der Waals surface area (Å²) in [4.78, 5) is 38.3. The molecule has 0 heterocycles. The molecule has 0 aromatic rings. The molecular formula is C67H120O6. The Hall–Kier alpha value is -2.89. The molecule has 0 saturated carbocycles. The summed E-state index contributed by atoms with van der Waals surface area (Å²) < 4.78 is 16.9. The second-order valence-corrected chi connectivity index (χ2v) is 21.3. The Labute approximate surface area is 453 Å². The maximum atomic E-state index is 12.9. The van der Waals surface area contributed by atoms with Crippen LogP contribution in [-0.4, -0.2) is 37.2 Å². The molecule has 0 aromatic heterocycles. The third kappa shape index (κ3) is 59.9. The molecule has 424 valence electrons. The number of rotatable bonds is 58. The minimum Gasteiger partial charge on any atom is -0.462 e. The van der Waals surface area contributed by atoms with Crippen molar-refractivity contribution < 1.29 is 28.6 Å². The monoisotopic (exact) mass is 1020 g/mol. The lowest BCUT2D eigenvalue weighted by atomic mass is 10.0. The van der Waals surface area contributed by atoms with Crippen LogP contribution in [0.4, 0.5) is 0 Å². The normalized spacial score (nSPS) is 12.4. The van der Waals surface area contributed by atoms with Gasteiger partial charge in [0.05, 0.1) is 0 Å². The van der Waals surface area contributed by atoms with Crippen molar-refractivity contribution in [3.8, 4) is 0 Å². The molecule has 0 radical (unpaired) electrons.